The molecule has 3 aliphatic rings. The normalized spacial score (nSPS) is 23.6. The van der Waals surface area contributed by atoms with E-state index in [4.69, 9.17) is 4.99 Å². The third-order valence-electron chi connectivity index (χ3n) is 4.64. The highest BCUT2D eigenvalue weighted by atomic mass is 79.9. The lowest BCUT2D eigenvalue weighted by Gasteiger charge is -2.38. The minimum absolute atomic E-state index is 0.111. The van der Waals surface area contributed by atoms with E-state index in [1.54, 1.807) is 5.01 Å². The number of amidine groups is 2. The molecule has 3 aliphatic heterocycles. The minimum Gasteiger partial charge on any atom is -0.351 e. The Morgan fingerprint density at radius 3 is 2.68 bits per heavy atom. The van der Waals surface area contributed by atoms with Gasteiger partial charge in [0.15, 0.2) is 17.5 Å². The van der Waals surface area contributed by atoms with Crippen molar-refractivity contribution in [2.45, 2.75) is 19.4 Å². The Bertz CT molecular complexity index is 782. The number of hydrazone groups is 1. The van der Waals surface area contributed by atoms with Crippen LogP contribution >= 0.6 is 15.9 Å². The van der Waals surface area contributed by atoms with Crippen LogP contribution in [0.25, 0.3) is 0 Å². The molecule has 3 heterocycles. The van der Waals surface area contributed by atoms with Crippen molar-refractivity contribution in [3.8, 4) is 0 Å². The summed E-state index contributed by atoms with van der Waals surface area (Å²) in [5, 5.41) is 6.28. The Labute approximate surface area is 154 Å². The summed E-state index contributed by atoms with van der Waals surface area (Å²) in [5.41, 5.74) is 0.941. The van der Waals surface area contributed by atoms with E-state index in [1.807, 2.05) is 12.3 Å². The van der Waals surface area contributed by atoms with Gasteiger partial charge in [0.25, 0.3) is 0 Å². The topological polar surface area (TPSA) is 46.8 Å². The van der Waals surface area contributed by atoms with Crippen LogP contribution in [0.2, 0.25) is 0 Å². The van der Waals surface area contributed by atoms with Gasteiger partial charge in [-0.25, -0.2) is 14.4 Å². The fourth-order valence-corrected chi connectivity index (χ4v) is 3.61. The van der Waals surface area contributed by atoms with Gasteiger partial charge in [-0.1, -0.05) is 15.9 Å². The molecule has 1 aromatic rings. The highest BCUT2D eigenvalue weighted by Gasteiger charge is 2.34. The molecule has 0 aromatic heterocycles. The molecule has 1 unspecified atom stereocenters. The lowest BCUT2D eigenvalue weighted by atomic mass is 10.2. The van der Waals surface area contributed by atoms with E-state index < -0.39 is 0 Å². The summed E-state index contributed by atoms with van der Waals surface area (Å²) in [6.45, 7) is 5.63. The van der Waals surface area contributed by atoms with Crippen LogP contribution in [-0.4, -0.2) is 67.0 Å². The van der Waals surface area contributed by atoms with E-state index in [2.05, 4.69) is 49.8 Å². The Balaban J connectivity index is 1.86. The quantitative estimate of drug-likeness (QED) is 0.665. The Kier molecular flexibility index (Phi) is 4.33. The maximum Gasteiger partial charge on any atom is 0.193 e. The molecule has 1 fully saturated rings. The first kappa shape index (κ1) is 16.7. The highest BCUT2D eigenvalue weighted by Crippen LogP contribution is 2.39. The maximum absolute atomic E-state index is 14.6. The van der Waals surface area contributed by atoms with E-state index in [9.17, 15) is 4.39 Å². The zero-order valence-corrected chi connectivity index (χ0v) is 15.9. The molecule has 0 bridgehead atoms. The van der Waals surface area contributed by atoms with Gasteiger partial charge in [-0.3, -0.25) is 4.99 Å². The van der Waals surface area contributed by atoms with Gasteiger partial charge in [-0.15, -0.1) is 0 Å². The third kappa shape index (κ3) is 3.08. The summed E-state index contributed by atoms with van der Waals surface area (Å²) >= 11 is 3.36. The molecule has 0 saturated carbocycles. The summed E-state index contributed by atoms with van der Waals surface area (Å²) in [4.78, 5) is 14.0. The van der Waals surface area contributed by atoms with E-state index >= 15 is 0 Å². The van der Waals surface area contributed by atoms with Crippen LogP contribution in [0.4, 0.5) is 15.8 Å². The Hall–Kier alpha value is -1.80. The standard InChI is InChI=1S/C17H20BrFN6/c1-11-3-4-20-25-14-10-12(18)9-13(19)15(14)22-16(17(25)21-11)24-7-5-23(2)6-8-24/h4,9-11H,3,5-8H2,1-2H3. The van der Waals surface area contributed by atoms with Gasteiger partial charge in [0.2, 0.25) is 0 Å². The van der Waals surface area contributed by atoms with E-state index in [0.717, 1.165) is 32.6 Å². The average molecular weight is 407 g/mol. The first-order chi connectivity index (χ1) is 12.0. The van der Waals surface area contributed by atoms with Crippen molar-refractivity contribution < 1.29 is 4.39 Å². The fourth-order valence-electron chi connectivity index (χ4n) is 3.19. The van der Waals surface area contributed by atoms with Crippen molar-refractivity contribution in [2.24, 2.45) is 15.1 Å². The monoisotopic (exact) mass is 406 g/mol. The minimum atomic E-state index is -0.359. The number of halogens is 2. The molecule has 1 atom stereocenters. The van der Waals surface area contributed by atoms with Crippen LogP contribution in [0.15, 0.2) is 31.7 Å². The molecule has 4 rings (SSSR count). The van der Waals surface area contributed by atoms with E-state index in [0.29, 0.717) is 27.5 Å². The van der Waals surface area contributed by atoms with Gasteiger partial charge >= 0.3 is 0 Å². The molecule has 8 heteroatoms. The number of piperazine rings is 1. The van der Waals surface area contributed by atoms with Gasteiger partial charge in [0.1, 0.15) is 5.69 Å². The van der Waals surface area contributed by atoms with E-state index in [-0.39, 0.29) is 11.9 Å². The van der Waals surface area contributed by atoms with Crippen molar-refractivity contribution >= 4 is 45.2 Å². The molecule has 6 nitrogen and oxygen atoms in total. The van der Waals surface area contributed by atoms with Crippen molar-refractivity contribution in [3.63, 3.8) is 0 Å². The molecule has 0 spiro atoms. The third-order valence-corrected chi connectivity index (χ3v) is 5.10. The molecule has 1 saturated heterocycles. The molecule has 0 radical (unpaired) electrons. The number of hydrogen-bond donors (Lipinski definition) is 0. The maximum atomic E-state index is 14.6. The summed E-state index contributed by atoms with van der Waals surface area (Å²) in [6, 6.07) is 3.39. The lowest BCUT2D eigenvalue weighted by molar-refractivity contribution is 0.217. The molecular formula is C17H20BrFN6. The number of anilines is 1. The van der Waals surface area contributed by atoms with Crippen LogP contribution in [0.3, 0.4) is 0 Å². The zero-order chi connectivity index (χ0) is 17.6. The number of rotatable bonds is 0. The predicted octanol–water partition coefficient (Wildman–Crippen LogP) is 2.86. The molecule has 0 N–H and O–H groups in total. The highest BCUT2D eigenvalue weighted by molar-refractivity contribution is 9.10. The van der Waals surface area contributed by atoms with Crippen LogP contribution in [0, 0.1) is 5.82 Å². The second-order valence-corrected chi connectivity index (χ2v) is 7.54. The van der Waals surface area contributed by atoms with Crippen LogP contribution in [-0.2, 0) is 0 Å². The van der Waals surface area contributed by atoms with Gasteiger partial charge in [-0.05, 0) is 26.1 Å². The van der Waals surface area contributed by atoms with Crippen molar-refractivity contribution in [1.82, 2.24) is 9.80 Å². The summed E-state index contributed by atoms with van der Waals surface area (Å²) in [7, 11) is 2.11. The molecule has 0 aliphatic carbocycles. The number of benzene rings is 1. The van der Waals surface area contributed by atoms with Crippen LogP contribution in [0.5, 0.6) is 0 Å². The van der Waals surface area contributed by atoms with Gasteiger partial charge < -0.3 is 9.80 Å². The van der Waals surface area contributed by atoms with Crippen LogP contribution < -0.4 is 5.01 Å². The second kappa shape index (κ2) is 6.49. The smallest absolute Gasteiger partial charge is 0.193 e. The largest absolute Gasteiger partial charge is 0.351 e. The lowest BCUT2D eigenvalue weighted by Crippen LogP contribution is -2.52. The summed E-state index contributed by atoms with van der Waals surface area (Å²) < 4.78 is 15.3. The number of fused-ring (bicyclic) bond motifs is 3. The van der Waals surface area contributed by atoms with Gasteiger partial charge in [0, 0.05) is 43.3 Å². The number of nitrogens with zero attached hydrogens (tertiary/aromatic N) is 6. The fraction of sp³-hybridized carbons (Fsp3) is 0.471. The molecular weight excluding hydrogens is 387 g/mol. The first-order valence-corrected chi connectivity index (χ1v) is 9.24. The Morgan fingerprint density at radius 2 is 1.92 bits per heavy atom. The zero-order valence-electron chi connectivity index (χ0n) is 14.3. The number of aliphatic imine (C=N–C) groups is 2. The molecule has 0 amide bonds. The second-order valence-electron chi connectivity index (χ2n) is 6.63. The first-order valence-electron chi connectivity index (χ1n) is 8.45. The average Bonchev–Trinajstić information content (AvgIpc) is 2.77. The predicted molar refractivity (Wildman–Crippen MR) is 103 cm³/mol. The summed E-state index contributed by atoms with van der Waals surface area (Å²) in [5.74, 6) is 1.06. The van der Waals surface area contributed by atoms with Gasteiger partial charge in [-0.2, -0.15) is 5.10 Å². The van der Waals surface area contributed by atoms with Gasteiger partial charge in [0.05, 0.1) is 11.7 Å². The summed E-state index contributed by atoms with van der Waals surface area (Å²) in [6.07, 6.45) is 2.60. The number of hydrogen-bond acceptors (Lipinski definition) is 6. The van der Waals surface area contributed by atoms with Crippen molar-refractivity contribution in [2.75, 3.05) is 38.2 Å². The molecule has 25 heavy (non-hydrogen) atoms. The van der Waals surface area contributed by atoms with E-state index in [1.165, 1.54) is 6.07 Å². The SMILES string of the molecule is CC1CC=NN2C(=N1)C(N1CCN(C)CC1)=Nc1c(F)cc(Br)cc12. The molecule has 1 aromatic carbocycles. The molecule has 132 valence electrons. The number of likely N-dealkylation sites (N-methyl/N-ethyl adjacent to an activating group) is 1. The van der Waals surface area contributed by atoms with Crippen molar-refractivity contribution in [3.05, 3.63) is 22.4 Å². The van der Waals surface area contributed by atoms with Crippen molar-refractivity contribution in [1.29, 1.82) is 0 Å². The Morgan fingerprint density at radius 1 is 1.16 bits per heavy atom. The van der Waals surface area contributed by atoms with Crippen LogP contribution in [0.1, 0.15) is 13.3 Å².